The standard InChI is InChI=1S/C54H37N/c1-3-13-38(14-4-1)40-23-30-44(31-24-40)55(45-32-25-41(26-33-45)39-15-5-2-6-16-39)46-34-27-42(28-35-46)43-29-36-53-51-21-10-9-19-49(51)47-17-7-8-18-48(47)50-20-11-12-22-52(50)54(53)37-43/h1-37H. The van der Waals surface area contributed by atoms with E-state index in [1.54, 1.807) is 0 Å². The van der Waals surface area contributed by atoms with E-state index >= 15 is 0 Å². The summed E-state index contributed by atoms with van der Waals surface area (Å²) in [6.45, 7) is 0. The summed E-state index contributed by atoms with van der Waals surface area (Å²) in [5.41, 5.74) is 20.6. The second-order valence-corrected chi connectivity index (χ2v) is 14.1. The molecule has 0 unspecified atom stereocenters. The largest absolute Gasteiger partial charge is 0.311 e. The first kappa shape index (κ1) is 32.4. The lowest BCUT2D eigenvalue weighted by molar-refractivity contribution is 1.28. The maximum absolute atomic E-state index is 2.39. The van der Waals surface area contributed by atoms with Crippen molar-refractivity contribution in [3.63, 3.8) is 0 Å². The number of anilines is 3. The van der Waals surface area contributed by atoms with Gasteiger partial charge in [-0.3, -0.25) is 0 Å². The first-order valence-corrected chi connectivity index (χ1v) is 18.9. The van der Waals surface area contributed by atoms with Gasteiger partial charge in [-0.15, -0.1) is 0 Å². The molecule has 0 heterocycles. The summed E-state index contributed by atoms with van der Waals surface area (Å²) in [6.07, 6.45) is 0. The van der Waals surface area contributed by atoms with E-state index in [2.05, 4.69) is 229 Å². The summed E-state index contributed by atoms with van der Waals surface area (Å²) < 4.78 is 0. The van der Waals surface area contributed by atoms with E-state index < -0.39 is 0 Å². The summed E-state index contributed by atoms with van der Waals surface area (Å²) in [7, 11) is 0. The molecule has 0 radical (unpaired) electrons. The van der Waals surface area contributed by atoms with Crippen molar-refractivity contribution in [1.82, 2.24) is 0 Å². The van der Waals surface area contributed by atoms with Crippen molar-refractivity contribution in [2.75, 3.05) is 4.90 Å². The van der Waals surface area contributed by atoms with Crippen molar-refractivity contribution >= 4 is 17.1 Å². The highest BCUT2D eigenvalue weighted by Crippen LogP contribution is 2.48. The van der Waals surface area contributed by atoms with E-state index in [0.717, 1.165) is 17.1 Å². The predicted octanol–water partition coefficient (Wildman–Crippen LogP) is 15.1. The number of hydrogen-bond donors (Lipinski definition) is 0. The smallest absolute Gasteiger partial charge is 0.0462 e. The average molecular weight is 700 g/mol. The molecule has 0 fully saturated rings. The van der Waals surface area contributed by atoms with Crippen LogP contribution < -0.4 is 4.90 Å². The van der Waals surface area contributed by atoms with E-state index in [0.29, 0.717) is 0 Å². The molecule has 0 N–H and O–H groups in total. The zero-order valence-corrected chi connectivity index (χ0v) is 30.3. The van der Waals surface area contributed by atoms with E-state index in [4.69, 9.17) is 0 Å². The highest BCUT2D eigenvalue weighted by Gasteiger charge is 2.22. The molecule has 0 bridgehead atoms. The third kappa shape index (κ3) is 6.02. The van der Waals surface area contributed by atoms with Crippen LogP contribution in [0.4, 0.5) is 17.1 Å². The van der Waals surface area contributed by atoms with E-state index in [9.17, 15) is 0 Å². The normalized spacial score (nSPS) is 11.3. The molecule has 0 saturated heterocycles. The second kappa shape index (κ2) is 14.0. The molecular weight excluding hydrogens is 663 g/mol. The molecule has 10 rings (SSSR count). The topological polar surface area (TPSA) is 3.24 Å². The van der Waals surface area contributed by atoms with Crippen LogP contribution in [-0.4, -0.2) is 0 Å². The summed E-state index contributed by atoms with van der Waals surface area (Å²) in [4.78, 5) is 2.35. The fourth-order valence-corrected chi connectivity index (χ4v) is 8.16. The number of benzene rings is 9. The van der Waals surface area contributed by atoms with E-state index in [-0.39, 0.29) is 0 Å². The second-order valence-electron chi connectivity index (χ2n) is 14.1. The zero-order valence-electron chi connectivity index (χ0n) is 30.3. The van der Waals surface area contributed by atoms with Crippen molar-refractivity contribution < 1.29 is 0 Å². The maximum atomic E-state index is 2.39. The van der Waals surface area contributed by atoms with Gasteiger partial charge in [-0.05, 0) is 120 Å². The third-order valence-electron chi connectivity index (χ3n) is 10.9. The lowest BCUT2D eigenvalue weighted by Crippen LogP contribution is -2.09. The Balaban J connectivity index is 1.05. The van der Waals surface area contributed by atoms with Crippen molar-refractivity contribution in [2.24, 2.45) is 0 Å². The number of rotatable bonds is 6. The molecule has 258 valence electrons. The number of nitrogens with zero attached hydrogens (tertiary/aromatic N) is 1. The van der Waals surface area contributed by atoms with Gasteiger partial charge >= 0.3 is 0 Å². The molecule has 9 aromatic carbocycles. The molecule has 0 spiro atoms. The van der Waals surface area contributed by atoms with Crippen LogP contribution in [0.15, 0.2) is 224 Å². The fourth-order valence-electron chi connectivity index (χ4n) is 8.16. The average Bonchev–Trinajstić information content (AvgIpc) is 3.27. The van der Waals surface area contributed by atoms with E-state index in [1.807, 2.05) is 0 Å². The summed E-state index contributed by atoms with van der Waals surface area (Å²) >= 11 is 0. The number of fused-ring (bicyclic) bond motifs is 8. The molecule has 1 heteroatoms. The van der Waals surface area contributed by atoms with Crippen molar-refractivity contribution in [3.05, 3.63) is 224 Å². The summed E-state index contributed by atoms with van der Waals surface area (Å²) in [6, 6.07) is 81.4. The molecule has 0 atom stereocenters. The van der Waals surface area contributed by atoms with Crippen LogP contribution >= 0.6 is 0 Å². The molecule has 55 heavy (non-hydrogen) atoms. The van der Waals surface area contributed by atoms with Crippen molar-refractivity contribution in [1.29, 1.82) is 0 Å². The Kier molecular flexibility index (Phi) is 8.24. The molecule has 1 aliphatic carbocycles. The Morgan fingerprint density at radius 2 is 0.436 bits per heavy atom. The van der Waals surface area contributed by atoms with Crippen LogP contribution in [0.3, 0.4) is 0 Å². The summed E-state index contributed by atoms with van der Waals surface area (Å²) in [5, 5.41) is 0. The Labute approximate surface area is 323 Å². The van der Waals surface area contributed by atoms with Crippen LogP contribution in [0.5, 0.6) is 0 Å². The molecule has 0 saturated carbocycles. The monoisotopic (exact) mass is 699 g/mol. The van der Waals surface area contributed by atoms with Gasteiger partial charge in [0.25, 0.3) is 0 Å². The quantitative estimate of drug-likeness (QED) is 0.167. The SMILES string of the molecule is c1ccc(-c2ccc(N(c3ccc(-c4ccccc4)cc3)c3ccc(-c4ccc5c(c4)-c4ccccc4-c4ccccc4-c4ccccc4-5)cc3)cc2)cc1. The molecule has 0 amide bonds. The van der Waals surface area contributed by atoms with Gasteiger partial charge in [-0.2, -0.15) is 0 Å². The van der Waals surface area contributed by atoms with Gasteiger partial charge in [-0.1, -0.05) is 182 Å². The molecule has 0 aromatic heterocycles. The minimum atomic E-state index is 1.10. The van der Waals surface area contributed by atoms with Gasteiger partial charge in [-0.25, -0.2) is 0 Å². The summed E-state index contributed by atoms with van der Waals surface area (Å²) in [5.74, 6) is 0. The van der Waals surface area contributed by atoms with Crippen LogP contribution in [-0.2, 0) is 0 Å². The van der Waals surface area contributed by atoms with Gasteiger partial charge in [0.15, 0.2) is 0 Å². The fraction of sp³-hybridized carbons (Fsp3) is 0. The molecule has 9 aromatic rings. The van der Waals surface area contributed by atoms with Crippen LogP contribution in [0.1, 0.15) is 0 Å². The predicted molar refractivity (Wildman–Crippen MR) is 233 cm³/mol. The molecular formula is C54H37N. The van der Waals surface area contributed by atoms with Gasteiger partial charge in [0.05, 0.1) is 0 Å². The zero-order chi connectivity index (χ0) is 36.6. The molecule has 1 nitrogen and oxygen atoms in total. The first-order chi connectivity index (χ1) is 27.3. The van der Waals surface area contributed by atoms with Gasteiger partial charge in [0, 0.05) is 17.1 Å². The van der Waals surface area contributed by atoms with Crippen LogP contribution in [0.2, 0.25) is 0 Å². The van der Waals surface area contributed by atoms with Gasteiger partial charge in [0.1, 0.15) is 0 Å². The lowest BCUT2D eigenvalue weighted by atomic mass is 9.80. The first-order valence-electron chi connectivity index (χ1n) is 18.9. The van der Waals surface area contributed by atoms with Crippen molar-refractivity contribution in [2.45, 2.75) is 0 Å². The lowest BCUT2D eigenvalue weighted by Gasteiger charge is -2.26. The Morgan fingerprint density at radius 3 is 0.800 bits per heavy atom. The highest BCUT2D eigenvalue weighted by molar-refractivity contribution is 6.03. The third-order valence-corrected chi connectivity index (χ3v) is 10.9. The molecule has 1 aliphatic rings. The Bertz CT molecular complexity index is 2680. The highest BCUT2D eigenvalue weighted by atomic mass is 15.1. The minimum Gasteiger partial charge on any atom is -0.311 e. The number of hydrogen-bond acceptors (Lipinski definition) is 1. The minimum absolute atomic E-state index is 1.10. The van der Waals surface area contributed by atoms with Gasteiger partial charge in [0.2, 0.25) is 0 Å². The van der Waals surface area contributed by atoms with E-state index in [1.165, 1.54) is 77.9 Å². The van der Waals surface area contributed by atoms with Crippen LogP contribution in [0, 0.1) is 0 Å². The molecule has 0 aliphatic heterocycles. The Morgan fingerprint density at radius 1 is 0.182 bits per heavy atom. The van der Waals surface area contributed by atoms with Gasteiger partial charge < -0.3 is 4.90 Å². The maximum Gasteiger partial charge on any atom is 0.0462 e. The van der Waals surface area contributed by atoms with Crippen molar-refractivity contribution in [3.8, 4) is 77.9 Å². The van der Waals surface area contributed by atoms with Crippen LogP contribution in [0.25, 0.3) is 77.9 Å². The Hall–Kier alpha value is -7.22.